The number of aliphatic hydroxyl groups excluding tert-OH is 2. The molecule has 0 radical (unpaired) electrons. The van der Waals surface area contributed by atoms with Crippen LogP contribution in [0.5, 0.6) is 0 Å². The third-order valence-corrected chi connectivity index (χ3v) is 4.49. The Hall–Kier alpha value is -0.610. The van der Waals surface area contributed by atoms with Gasteiger partial charge < -0.3 is 15.3 Å². The minimum Gasteiger partial charge on any atom is -0.481 e. The number of hydrogen-bond donors (Lipinski definition) is 3. The largest absolute Gasteiger partial charge is 0.481 e. The third-order valence-electron chi connectivity index (χ3n) is 4.49. The van der Waals surface area contributed by atoms with Crippen LogP contribution in [0.4, 0.5) is 0 Å². The van der Waals surface area contributed by atoms with E-state index >= 15 is 0 Å². The van der Waals surface area contributed by atoms with Gasteiger partial charge in [0.2, 0.25) is 0 Å². The smallest absolute Gasteiger partial charge is 0.309 e. The van der Waals surface area contributed by atoms with Crippen LogP contribution in [-0.2, 0) is 4.79 Å². The molecule has 3 N–H and O–H groups in total. The summed E-state index contributed by atoms with van der Waals surface area (Å²) < 4.78 is 0. The molecule has 1 unspecified atom stereocenters. The maximum absolute atomic E-state index is 11.0. The molecule has 0 saturated carbocycles. The van der Waals surface area contributed by atoms with Gasteiger partial charge in [-0.1, -0.05) is 46.0 Å². The Bertz CT molecular complexity index is 310. The number of carbonyl (C=O) groups is 1. The Balaban J connectivity index is 3.59. The lowest BCUT2D eigenvalue weighted by molar-refractivity contribution is -0.147. The Morgan fingerprint density at radius 2 is 1.41 bits per heavy atom. The van der Waals surface area contributed by atoms with Crippen molar-refractivity contribution in [1.82, 2.24) is 0 Å². The molecule has 4 nitrogen and oxygen atoms in total. The number of aliphatic carboxylic acids is 1. The van der Waals surface area contributed by atoms with Gasteiger partial charge in [-0.3, -0.25) is 4.79 Å². The molecule has 0 rings (SSSR count). The van der Waals surface area contributed by atoms with Gasteiger partial charge in [-0.05, 0) is 44.9 Å². The molecule has 0 bridgehead atoms. The van der Waals surface area contributed by atoms with E-state index in [1.807, 2.05) is 0 Å². The van der Waals surface area contributed by atoms with Gasteiger partial charge in [0.15, 0.2) is 0 Å². The number of carboxylic acid groups (broad SMARTS) is 1. The van der Waals surface area contributed by atoms with E-state index in [1.54, 1.807) is 13.8 Å². The van der Waals surface area contributed by atoms with Crippen molar-refractivity contribution in [3.05, 3.63) is 0 Å². The molecule has 132 valence electrons. The van der Waals surface area contributed by atoms with Crippen LogP contribution in [0.3, 0.4) is 0 Å². The highest BCUT2D eigenvalue weighted by atomic mass is 16.4. The number of rotatable bonds is 13. The van der Waals surface area contributed by atoms with Gasteiger partial charge in [0, 0.05) is 6.61 Å². The van der Waals surface area contributed by atoms with E-state index in [2.05, 4.69) is 13.8 Å². The van der Waals surface area contributed by atoms with Crippen molar-refractivity contribution in [3.63, 3.8) is 0 Å². The van der Waals surface area contributed by atoms with E-state index in [1.165, 1.54) is 0 Å². The number of unbranched alkanes of at least 4 members (excludes halogenated alkanes) is 3. The summed E-state index contributed by atoms with van der Waals surface area (Å²) >= 11 is 0. The van der Waals surface area contributed by atoms with E-state index < -0.39 is 11.4 Å². The predicted octanol–water partition coefficient (Wildman–Crippen LogP) is 3.99. The highest BCUT2D eigenvalue weighted by Gasteiger charge is 2.25. The van der Waals surface area contributed by atoms with E-state index in [-0.39, 0.29) is 18.1 Å². The van der Waals surface area contributed by atoms with E-state index in [9.17, 15) is 15.0 Å². The SMILES string of the molecule is CC(C)(CO)CCCCC(O)CCCCCC(C)(C)C(=O)O. The Morgan fingerprint density at radius 1 is 0.909 bits per heavy atom. The first kappa shape index (κ1) is 21.4. The first-order valence-corrected chi connectivity index (χ1v) is 8.63. The highest BCUT2D eigenvalue weighted by Crippen LogP contribution is 2.25. The van der Waals surface area contributed by atoms with Crippen molar-refractivity contribution in [2.75, 3.05) is 6.61 Å². The van der Waals surface area contributed by atoms with Crippen LogP contribution < -0.4 is 0 Å². The van der Waals surface area contributed by atoms with Gasteiger partial charge in [0.1, 0.15) is 0 Å². The first-order chi connectivity index (χ1) is 10.1. The van der Waals surface area contributed by atoms with Crippen molar-refractivity contribution in [2.45, 2.75) is 91.6 Å². The van der Waals surface area contributed by atoms with Crippen molar-refractivity contribution in [3.8, 4) is 0 Å². The zero-order valence-electron chi connectivity index (χ0n) is 14.9. The molecule has 1 atom stereocenters. The van der Waals surface area contributed by atoms with Crippen LogP contribution in [0.15, 0.2) is 0 Å². The van der Waals surface area contributed by atoms with Crippen LogP contribution in [0.1, 0.15) is 85.5 Å². The molecule has 0 aliphatic carbocycles. The fourth-order valence-electron chi connectivity index (χ4n) is 2.44. The number of carboxylic acids is 1. The second kappa shape index (κ2) is 10.2. The van der Waals surface area contributed by atoms with Crippen molar-refractivity contribution >= 4 is 5.97 Å². The molecule has 0 aromatic heterocycles. The minimum absolute atomic E-state index is 0.0120. The quantitative estimate of drug-likeness (QED) is 0.449. The second-order valence-corrected chi connectivity index (χ2v) is 8.01. The number of aliphatic hydroxyl groups is 2. The minimum atomic E-state index is -0.738. The van der Waals surface area contributed by atoms with Crippen LogP contribution in [0.2, 0.25) is 0 Å². The predicted molar refractivity (Wildman–Crippen MR) is 89.8 cm³/mol. The topological polar surface area (TPSA) is 77.8 Å². The molecule has 0 aromatic carbocycles. The summed E-state index contributed by atoms with van der Waals surface area (Å²) in [7, 11) is 0. The maximum Gasteiger partial charge on any atom is 0.309 e. The third kappa shape index (κ3) is 10.2. The zero-order valence-corrected chi connectivity index (χ0v) is 14.9. The molecule has 0 heterocycles. The van der Waals surface area contributed by atoms with Gasteiger partial charge in [0.25, 0.3) is 0 Å². The first-order valence-electron chi connectivity index (χ1n) is 8.63. The summed E-state index contributed by atoms with van der Waals surface area (Å²) in [6.07, 6.45) is 7.92. The van der Waals surface area contributed by atoms with Crippen LogP contribution >= 0.6 is 0 Å². The standard InChI is InChI=1S/C18H36O4/c1-17(2,14-19)12-9-7-11-15(20)10-6-5-8-13-18(3,4)16(21)22/h15,19-20H,5-14H2,1-4H3,(H,21,22). The molecule has 0 aliphatic rings. The average Bonchev–Trinajstić information content (AvgIpc) is 2.43. The summed E-state index contributed by atoms with van der Waals surface area (Å²) in [5.41, 5.74) is -0.653. The van der Waals surface area contributed by atoms with Gasteiger partial charge >= 0.3 is 5.97 Å². The van der Waals surface area contributed by atoms with Crippen molar-refractivity contribution < 1.29 is 20.1 Å². The van der Waals surface area contributed by atoms with Crippen LogP contribution in [0, 0.1) is 10.8 Å². The van der Waals surface area contributed by atoms with Gasteiger partial charge in [-0.25, -0.2) is 0 Å². The Labute approximate surface area is 135 Å². The second-order valence-electron chi connectivity index (χ2n) is 8.01. The van der Waals surface area contributed by atoms with Gasteiger partial charge in [0.05, 0.1) is 11.5 Å². The molecular weight excluding hydrogens is 280 g/mol. The average molecular weight is 316 g/mol. The fraction of sp³-hybridized carbons (Fsp3) is 0.944. The summed E-state index contributed by atoms with van der Waals surface area (Å²) in [6, 6.07) is 0. The molecular formula is C18H36O4. The molecule has 0 aliphatic heterocycles. The van der Waals surface area contributed by atoms with Gasteiger partial charge in [-0.2, -0.15) is 0 Å². The van der Waals surface area contributed by atoms with Gasteiger partial charge in [-0.15, -0.1) is 0 Å². The molecule has 4 heteroatoms. The Morgan fingerprint density at radius 3 is 1.91 bits per heavy atom. The zero-order chi connectivity index (χ0) is 17.2. The summed E-state index contributed by atoms with van der Waals surface area (Å²) in [6.45, 7) is 7.85. The maximum atomic E-state index is 11.0. The van der Waals surface area contributed by atoms with Crippen LogP contribution in [0.25, 0.3) is 0 Å². The Kier molecular flexibility index (Phi) is 9.94. The molecule has 0 spiro atoms. The monoisotopic (exact) mass is 316 g/mol. The summed E-state index contributed by atoms with van der Waals surface area (Å²) in [5, 5.41) is 28.1. The lowest BCUT2D eigenvalue weighted by Gasteiger charge is -2.21. The number of hydrogen-bond acceptors (Lipinski definition) is 3. The summed E-state index contributed by atoms with van der Waals surface area (Å²) in [4.78, 5) is 11.0. The lowest BCUT2D eigenvalue weighted by Crippen LogP contribution is -2.23. The van der Waals surface area contributed by atoms with E-state index in [0.717, 1.165) is 51.4 Å². The van der Waals surface area contributed by atoms with E-state index in [0.29, 0.717) is 6.42 Å². The summed E-state index contributed by atoms with van der Waals surface area (Å²) in [5.74, 6) is -0.738. The molecule has 0 aromatic rings. The molecule has 0 saturated heterocycles. The molecule has 0 amide bonds. The normalized spacial score (nSPS) is 14.1. The molecule has 22 heavy (non-hydrogen) atoms. The van der Waals surface area contributed by atoms with Crippen molar-refractivity contribution in [2.24, 2.45) is 10.8 Å². The van der Waals surface area contributed by atoms with Crippen molar-refractivity contribution in [1.29, 1.82) is 0 Å². The lowest BCUT2D eigenvalue weighted by atomic mass is 9.86. The van der Waals surface area contributed by atoms with Crippen LogP contribution in [-0.4, -0.2) is 34.0 Å². The molecule has 0 fully saturated rings. The van der Waals surface area contributed by atoms with E-state index in [4.69, 9.17) is 5.11 Å². The fourth-order valence-corrected chi connectivity index (χ4v) is 2.44. The highest BCUT2D eigenvalue weighted by molar-refractivity contribution is 5.73.